The predicted molar refractivity (Wildman–Crippen MR) is 108 cm³/mol. The van der Waals surface area contributed by atoms with Crippen LogP contribution >= 0.6 is 11.8 Å². The van der Waals surface area contributed by atoms with Gasteiger partial charge in [0.1, 0.15) is 5.82 Å². The Bertz CT molecular complexity index is 954. The average molecular weight is 421 g/mol. The van der Waals surface area contributed by atoms with Gasteiger partial charge in [0.25, 0.3) is 5.56 Å². The van der Waals surface area contributed by atoms with Crippen LogP contribution in [0.1, 0.15) is 35.3 Å². The van der Waals surface area contributed by atoms with Gasteiger partial charge >= 0.3 is 0 Å². The highest BCUT2D eigenvalue weighted by Crippen LogP contribution is 2.46. The number of phenols is 1. The van der Waals surface area contributed by atoms with E-state index in [-0.39, 0.29) is 40.5 Å². The Morgan fingerprint density at radius 1 is 1.17 bits per heavy atom. The molecule has 0 saturated carbocycles. The van der Waals surface area contributed by atoms with E-state index in [0.717, 1.165) is 12.8 Å². The lowest BCUT2D eigenvalue weighted by Crippen LogP contribution is -2.24. The molecule has 3 N–H and O–H groups in total. The molecule has 0 radical (unpaired) electrons. The van der Waals surface area contributed by atoms with E-state index in [0.29, 0.717) is 30.2 Å². The van der Waals surface area contributed by atoms with Crippen molar-refractivity contribution in [1.82, 2.24) is 9.78 Å². The van der Waals surface area contributed by atoms with Crippen LogP contribution < -0.4 is 20.3 Å². The number of carbonyl (C=O) groups excluding carboxylic acids is 1. The molecule has 1 fully saturated rings. The first-order valence-corrected chi connectivity index (χ1v) is 10.4. The number of amides is 1. The van der Waals surface area contributed by atoms with Crippen LogP contribution in [-0.4, -0.2) is 54.0 Å². The van der Waals surface area contributed by atoms with E-state index in [1.165, 1.54) is 26.0 Å². The van der Waals surface area contributed by atoms with Crippen LogP contribution in [0.15, 0.2) is 16.9 Å². The molecule has 0 bridgehead atoms. The average Bonchev–Trinajstić information content (AvgIpc) is 2.94. The standard InChI is InChI=1S/C19H23N3O6S/c1-26-12-7-10(8-13(27-2)16(12)24)17-15-18(20-14(23)9-29-17)22(21-19(15)25)11-3-5-28-6-4-11/h7-8,11,17,24H,3-6,9H2,1-2H3,(H,20,23)(H,21,25). The van der Waals surface area contributed by atoms with Gasteiger partial charge in [-0.05, 0) is 30.5 Å². The van der Waals surface area contributed by atoms with Gasteiger partial charge in [-0.15, -0.1) is 11.8 Å². The summed E-state index contributed by atoms with van der Waals surface area (Å²) in [7, 11) is 2.90. The third kappa shape index (κ3) is 3.58. The number of nitrogens with zero attached hydrogens (tertiary/aromatic N) is 1. The second-order valence-electron chi connectivity index (χ2n) is 6.93. The molecule has 1 amide bonds. The van der Waals surface area contributed by atoms with Crippen LogP contribution in [0.4, 0.5) is 5.82 Å². The normalized spacial score (nSPS) is 19.9. The fourth-order valence-corrected chi connectivity index (χ4v) is 4.89. The Labute approximate surface area is 171 Å². The molecule has 2 aliphatic heterocycles. The Kier molecular flexibility index (Phi) is 5.46. The molecule has 0 aliphatic carbocycles. The van der Waals surface area contributed by atoms with E-state index in [9.17, 15) is 14.7 Å². The SMILES string of the molecule is COc1cc(C2SCC(=O)Nc3c2c(=O)[nH]n3C2CCOCC2)cc(OC)c1O. The molecule has 1 aromatic heterocycles. The van der Waals surface area contributed by atoms with Crippen molar-refractivity contribution in [1.29, 1.82) is 0 Å². The Hall–Kier alpha value is -2.59. The van der Waals surface area contributed by atoms with Gasteiger partial charge in [-0.1, -0.05) is 0 Å². The molecule has 1 atom stereocenters. The molecule has 2 aromatic rings. The number of hydrogen-bond donors (Lipinski definition) is 3. The minimum absolute atomic E-state index is 0.0492. The summed E-state index contributed by atoms with van der Waals surface area (Å²) >= 11 is 1.34. The first-order valence-electron chi connectivity index (χ1n) is 9.32. The van der Waals surface area contributed by atoms with Crippen LogP contribution in [0, 0.1) is 0 Å². The molecule has 1 aromatic carbocycles. The molecule has 1 saturated heterocycles. The zero-order valence-electron chi connectivity index (χ0n) is 16.2. The molecule has 1 unspecified atom stereocenters. The van der Waals surface area contributed by atoms with Crippen molar-refractivity contribution in [2.45, 2.75) is 24.1 Å². The van der Waals surface area contributed by atoms with Crippen LogP contribution in [0.5, 0.6) is 17.2 Å². The number of aromatic nitrogens is 2. The summed E-state index contributed by atoms with van der Waals surface area (Å²) in [6.07, 6.45) is 1.51. The number of benzene rings is 1. The Balaban J connectivity index is 1.84. The predicted octanol–water partition coefficient (Wildman–Crippen LogP) is 2.03. The monoisotopic (exact) mass is 421 g/mol. The quantitative estimate of drug-likeness (QED) is 0.692. The van der Waals surface area contributed by atoms with E-state index in [1.807, 2.05) is 0 Å². The molecular weight excluding hydrogens is 398 g/mol. The number of aromatic amines is 1. The number of methoxy groups -OCH3 is 2. The van der Waals surface area contributed by atoms with E-state index in [2.05, 4.69) is 10.4 Å². The van der Waals surface area contributed by atoms with Crippen molar-refractivity contribution < 1.29 is 24.1 Å². The van der Waals surface area contributed by atoms with E-state index in [1.54, 1.807) is 16.8 Å². The van der Waals surface area contributed by atoms with Crippen molar-refractivity contribution >= 4 is 23.5 Å². The van der Waals surface area contributed by atoms with Gasteiger partial charge < -0.3 is 24.6 Å². The van der Waals surface area contributed by atoms with Gasteiger partial charge in [-0.2, -0.15) is 0 Å². The van der Waals surface area contributed by atoms with E-state index >= 15 is 0 Å². The molecular formula is C19H23N3O6S. The second kappa shape index (κ2) is 8.03. The number of anilines is 1. The van der Waals surface area contributed by atoms with Crippen molar-refractivity contribution in [2.75, 3.05) is 38.5 Å². The Morgan fingerprint density at radius 3 is 2.45 bits per heavy atom. The number of hydrogen-bond acceptors (Lipinski definition) is 7. The zero-order chi connectivity index (χ0) is 20.5. The lowest BCUT2D eigenvalue weighted by atomic mass is 10.0. The topological polar surface area (TPSA) is 115 Å². The van der Waals surface area contributed by atoms with E-state index in [4.69, 9.17) is 14.2 Å². The van der Waals surface area contributed by atoms with Crippen molar-refractivity contribution in [3.63, 3.8) is 0 Å². The van der Waals surface area contributed by atoms with Crippen molar-refractivity contribution in [3.05, 3.63) is 33.6 Å². The lowest BCUT2D eigenvalue weighted by Gasteiger charge is -2.25. The highest BCUT2D eigenvalue weighted by Gasteiger charge is 2.33. The maximum absolute atomic E-state index is 13.0. The minimum atomic E-state index is -0.433. The van der Waals surface area contributed by atoms with Crippen molar-refractivity contribution in [3.8, 4) is 17.2 Å². The lowest BCUT2D eigenvalue weighted by molar-refractivity contribution is -0.113. The summed E-state index contributed by atoms with van der Waals surface area (Å²) in [4.78, 5) is 25.4. The molecule has 9 nitrogen and oxygen atoms in total. The number of H-pyrrole nitrogens is 1. The number of aromatic hydroxyl groups is 1. The number of thioether (sulfide) groups is 1. The van der Waals surface area contributed by atoms with Gasteiger partial charge in [-0.3, -0.25) is 19.4 Å². The van der Waals surface area contributed by atoms with Crippen LogP contribution in [-0.2, 0) is 9.53 Å². The van der Waals surface area contributed by atoms with Gasteiger partial charge in [0, 0.05) is 13.2 Å². The summed E-state index contributed by atoms with van der Waals surface area (Å²) < 4.78 is 17.7. The first kappa shape index (κ1) is 19.7. The van der Waals surface area contributed by atoms with Gasteiger partial charge in [0.15, 0.2) is 11.5 Å². The maximum Gasteiger partial charge on any atom is 0.270 e. The second-order valence-corrected chi connectivity index (χ2v) is 8.02. The first-order chi connectivity index (χ1) is 14.0. The minimum Gasteiger partial charge on any atom is -0.502 e. The molecule has 29 heavy (non-hydrogen) atoms. The smallest absolute Gasteiger partial charge is 0.270 e. The zero-order valence-corrected chi connectivity index (χ0v) is 17.0. The summed E-state index contributed by atoms with van der Waals surface area (Å²) in [5.74, 6) is 0.887. The fraction of sp³-hybridized carbons (Fsp3) is 0.474. The van der Waals surface area contributed by atoms with Gasteiger partial charge in [-0.25, -0.2) is 0 Å². The summed E-state index contributed by atoms with van der Waals surface area (Å²) in [6, 6.07) is 3.38. The van der Waals surface area contributed by atoms with Crippen LogP contribution in [0.25, 0.3) is 0 Å². The molecule has 156 valence electrons. The third-order valence-corrected chi connectivity index (χ3v) is 6.49. The number of phenolic OH excluding ortho intramolecular Hbond substituents is 1. The third-order valence-electron chi connectivity index (χ3n) is 5.22. The molecule has 10 heteroatoms. The number of nitrogens with one attached hydrogen (secondary N) is 2. The van der Waals surface area contributed by atoms with E-state index < -0.39 is 5.25 Å². The maximum atomic E-state index is 13.0. The Morgan fingerprint density at radius 2 is 1.83 bits per heavy atom. The van der Waals surface area contributed by atoms with Gasteiger partial charge in [0.05, 0.1) is 36.8 Å². The molecule has 2 aliphatic rings. The van der Waals surface area contributed by atoms with Crippen molar-refractivity contribution in [2.24, 2.45) is 0 Å². The number of fused-ring (bicyclic) bond motifs is 1. The fourth-order valence-electron chi connectivity index (χ4n) is 3.79. The molecule has 3 heterocycles. The largest absolute Gasteiger partial charge is 0.502 e. The van der Waals surface area contributed by atoms with Crippen LogP contribution in [0.2, 0.25) is 0 Å². The summed E-state index contributed by atoms with van der Waals surface area (Å²) in [5, 5.41) is 15.6. The highest BCUT2D eigenvalue weighted by molar-refractivity contribution is 8.00. The summed E-state index contributed by atoms with van der Waals surface area (Å²) in [6.45, 7) is 1.22. The number of rotatable bonds is 4. The van der Waals surface area contributed by atoms with Crippen LogP contribution in [0.3, 0.4) is 0 Å². The van der Waals surface area contributed by atoms with Gasteiger partial charge in [0.2, 0.25) is 11.7 Å². The molecule has 4 rings (SSSR count). The molecule has 0 spiro atoms. The number of carbonyl (C=O) groups is 1. The number of ether oxygens (including phenoxy) is 3. The highest BCUT2D eigenvalue weighted by atomic mass is 32.2. The summed E-state index contributed by atoms with van der Waals surface area (Å²) in [5.41, 5.74) is 0.925.